The van der Waals surface area contributed by atoms with E-state index in [-0.39, 0.29) is 17.2 Å². The van der Waals surface area contributed by atoms with Gasteiger partial charge in [0.25, 0.3) is 0 Å². The molecule has 1 aliphatic rings. The predicted molar refractivity (Wildman–Crippen MR) is 79.8 cm³/mol. The van der Waals surface area contributed by atoms with Crippen LogP contribution >= 0.6 is 0 Å². The predicted octanol–water partition coefficient (Wildman–Crippen LogP) is 1.41. The molecule has 1 heterocycles. The van der Waals surface area contributed by atoms with Gasteiger partial charge in [-0.3, -0.25) is 4.79 Å². The summed E-state index contributed by atoms with van der Waals surface area (Å²) in [7, 11) is 4.18. The summed E-state index contributed by atoms with van der Waals surface area (Å²) >= 11 is 0. The smallest absolute Gasteiger partial charge is 0.227 e. The topological polar surface area (TPSA) is 49.6 Å². The Bertz CT molecular complexity index is 309. The molecule has 0 aliphatic carbocycles. The van der Waals surface area contributed by atoms with Crippen LogP contribution < -0.4 is 5.73 Å². The molecule has 19 heavy (non-hydrogen) atoms. The number of amides is 1. The van der Waals surface area contributed by atoms with Crippen LogP contribution in [0.4, 0.5) is 0 Å². The number of nitrogens with two attached hydrogens (primary N) is 1. The van der Waals surface area contributed by atoms with Crippen LogP contribution in [0.5, 0.6) is 0 Å². The highest BCUT2D eigenvalue weighted by molar-refractivity contribution is 5.79. The summed E-state index contributed by atoms with van der Waals surface area (Å²) in [6.07, 6.45) is 0.861. The lowest BCUT2D eigenvalue weighted by molar-refractivity contribution is -0.135. The zero-order chi connectivity index (χ0) is 14.8. The normalized spacial score (nSPS) is 26.0. The molecule has 0 spiro atoms. The Hall–Kier alpha value is -0.610. The van der Waals surface area contributed by atoms with Crippen molar-refractivity contribution in [2.24, 2.45) is 23.0 Å². The van der Waals surface area contributed by atoms with E-state index >= 15 is 0 Å². The fraction of sp³-hybridized carbons (Fsp3) is 0.933. The van der Waals surface area contributed by atoms with Crippen molar-refractivity contribution in [3.05, 3.63) is 0 Å². The number of carbonyl (C=O) groups excluding carboxylic acids is 1. The molecule has 112 valence electrons. The maximum atomic E-state index is 12.6. The number of carbonyl (C=O) groups is 1. The minimum atomic E-state index is -0.0342. The third-order valence-electron chi connectivity index (χ3n) is 4.04. The Morgan fingerprint density at radius 3 is 2.32 bits per heavy atom. The molecule has 0 aromatic carbocycles. The third-order valence-corrected chi connectivity index (χ3v) is 4.04. The van der Waals surface area contributed by atoms with E-state index in [1.54, 1.807) is 0 Å². The van der Waals surface area contributed by atoms with E-state index in [2.05, 4.69) is 46.7 Å². The van der Waals surface area contributed by atoms with Crippen molar-refractivity contribution in [1.82, 2.24) is 9.80 Å². The Labute approximate surface area is 118 Å². The van der Waals surface area contributed by atoms with Gasteiger partial charge in [0.1, 0.15) is 0 Å². The minimum absolute atomic E-state index is 0.0342. The molecule has 1 rings (SSSR count). The van der Waals surface area contributed by atoms with Crippen LogP contribution in [0.15, 0.2) is 0 Å². The number of rotatable bonds is 4. The highest BCUT2D eigenvalue weighted by Crippen LogP contribution is 2.27. The maximum Gasteiger partial charge on any atom is 0.227 e. The summed E-state index contributed by atoms with van der Waals surface area (Å²) in [5, 5.41) is 0. The Morgan fingerprint density at radius 1 is 1.37 bits per heavy atom. The van der Waals surface area contributed by atoms with Crippen molar-refractivity contribution in [2.45, 2.75) is 40.2 Å². The summed E-state index contributed by atoms with van der Waals surface area (Å²) < 4.78 is 0. The molecule has 3 unspecified atom stereocenters. The highest BCUT2D eigenvalue weighted by Gasteiger charge is 2.36. The lowest BCUT2D eigenvalue weighted by Crippen LogP contribution is -2.41. The molecule has 2 N–H and O–H groups in total. The summed E-state index contributed by atoms with van der Waals surface area (Å²) in [6.45, 7) is 10.9. The summed E-state index contributed by atoms with van der Waals surface area (Å²) in [5.41, 5.74) is 5.96. The van der Waals surface area contributed by atoms with Crippen molar-refractivity contribution in [3.63, 3.8) is 0 Å². The molecule has 0 saturated carbocycles. The zero-order valence-electron chi connectivity index (χ0n) is 13.4. The number of hydrogen-bond donors (Lipinski definition) is 1. The Kier molecular flexibility index (Phi) is 5.39. The molecule has 1 saturated heterocycles. The highest BCUT2D eigenvalue weighted by atomic mass is 16.2. The number of likely N-dealkylation sites (tertiary alicyclic amines) is 1. The largest absolute Gasteiger partial charge is 0.341 e. The molecule has 0 aromatic heterocycles. The van der Waals surface area contributed by atoms with Gasteiger partial charge in [-0.2, -0.15) is 0 Å². The van der Waals surface area contributed by atoms with Crippen molar-refractivity contribution >= 4 is 5.91 Å². The van der Waals surface area contributed by atoms with E-state index in [4.69, 9.17) is 5.73 Å². The van der Waals surface area contributed by atoms with Gasteiger partial charge in [-0.1, -0.05) is 27.7 Å². The first-order chi connectivity index (χ1) is 8.65. The third kappa shape index (κ3) is 4.46. The van der Waals surface area contributed by atoms with Crippen molar-refractivity contribution in [3.8, 4) is 0 Å². The fourth-order valence-electron chi connectivity index (χ4n) is 3.07. The maximum absolute atomic E-state index is 12.6. The summed E-state index contributed by atoms with van der Waals surface area (Å²) in [5.74, 6) is 0.744. The van der Waals surface area contributed by atoms with Crippen molar-refractivity contribution in [1.29, 1.82) is 0 Å². The molecule has 0 bridgehead atoms. The number of hydrogen-bond acceptors (Lipinski definition) is 3. The Morgan fingerprint density at radius 2 is 1.95 bits per heavy atom. The van der Waals surface area contributed by atoms with Crippen molar-refractivity contribution in [2.75, 3.05) is 33.7 Å². The van der Waals surface area contributed by atoms with E-state index in [1.807, 2.05) is 4.90 Å². The van der Waals surface area contributed by atoms with E-state index in [9.17, 15) is 4.79 Å². The van der Waals surface area contributed by atoms with Crippen LogP contribution in [-0.2, 0) is 4.79 Å². The van der Waals surface area contributed by atoms with Crippen molar-refractivity contribution < 1.29 is 4.79 Å². The molecule has 3 atom stereocenters. The van der Waals surface area contributed by atoms with E-state index in [0.29, 0.717) is 18.5 Å². The summed E-state index contributed by atoms with van der Waals surface area (Å²) in [4.78, 5) is 16.8. The molecule has 0 radical (unpaired) electrons. The molecule has 1 amide bonds. The molecule has 1 aliphatic heterocycles. The first kappa shape index (κ1) is 16.4. The van der Waals surface area contributed by atoms with Gasteiger partial charge >= 0.3 is 0 Å². The van der Waals surface area contributed by atoms with Gasteiger partial charge in [-0.15, -0.1) is 0 Å². The van der Waals surface area contributed by atoms with Gasteiger partial charge in [0, 0.05) is 25.7 Å². The molecule has 1 fully saturated rings. The Balaban J connectivity index is 2.67. The van der Waals surface area contributed by atoms with Gasteiger partial charge in [0.05, 0.1) is 5.92 Å². The molecule has 4 heteroatoms. The van der Waals surface area contributed by atoms with Crippen LogP contribution in [-0.4, -0.2) is 55.5 Å². The average Bonchev–Trinajstić information content (AvgIpc) is 2.66. The van der Waals surface area contributed by atoms with E-state index in [0.717, 1.165) is 19.5 Å². The van der Waals surface area contributed by atoms with Gasteiger partial charge < -0.3 is 15.5 Å². The first-order valence-corrected chi connectivity index (χ1v) is 7.31. The number of nitrogens with zero attached hydrogens (tertiary/aromatic N) is 2. The van der Waals surface area contributed by atoms with Gasteiger partial charge in [0.15, 0.2) is 0 Å². The van der Waals surface area contributed by atoms with E-state index in [1.165, 1.54) is 0 Å². The van der Waals surface area contributed by atoms with Crippen LogP contribution in [0.2, 0.25) is 0 Å². The SMILES string of the molecule is CC1CN(C(=O)C(CN)CC(C)(C)C)CC1N(C)C. The zero-order valence-corrected chi connectivity index (χ0v) is 13.4. The minimum Gasteiger partial charge on any atom is -0.341 e. The molecule has 4 nitrogen and oxygen atoms in total. The number of likely N-dealkylation sites (N-methyl/N-ethyl adjacent to an activating group) is 1. The first-order valence-electron chi connectivity index (χ1n) is 7.31. The standard InChI is InChI=1S/C15H31N3O/c1-11-9-18(10-13(11)17(5)6)14(19)12(8-16)7-15(2,3)4/h11-13H,7-10,16H2,1-6H3. The summed E-state index contributed by atoms with van der Waals surface area (Å²) in [6, 6.07) is 0.469. The van der Waals surface area contributed by atoms with Crippen LogP contribution in [0.25, 0.3) is 0 Å². The van der Waals surface area contributed by atoms with Crippen LogP contribution in [0, 0.1) is 17.3 Å². The second kappa shape index (κ2) is 6.23. The van der Waals surface area contributed by atoms with Gasteiger partial charge in [0.2, 0.25) is 5.91 Å². The second-order valence-electron chi connectivity index (χ2n) is 7.45. The van der Waals surface area contributed by atoms with Gasteiger partial charge in [-0.25, -0.2) is 0 Å². The second-order valence-corrected chi connectivity index (χ2v) is 7.45. The average molecular weight is 269 g/mol. The quantitative estimate of drug-likeness (QED) is 0.839. The molecular weight excluding hydrogens is 238 g/mol. The fourth-order valence-corrected chi connectivity index (χ4v) is 3.07. The van der Waals surface area contributed by atoms with Gasteiger partial charge in [-0.05, 0) is 31.8 Å². The van der Waals surface area contributed by atoms with Crippen LogP contribution in [0.1, 0.15) is 34.1 Å². The lowest BCUT2D eigenvalue weighted by atomic mass is 9.84. The lowest BCUT2D eigenvalue weighted by Gasteiger charge is -2.28. The molecule has 0 aromatic rings. The van der Waals surface area contributed by atoms with Crippen LogP contribution in [0.3, 0.4) is 0 Å². The molecular formula is C15H31N3O. The van der Waals surface area contributed by atoms with E-state index < -0.39 is 0 Å². The monoisotopic (exact) mass is 269 g/mol.